The van der Waals surface area contributed by atoms with Gasteiger partial charge in [-0.1, -0.05) is 30.3 Å². The standard InChI is InChI=1S/C16H19N3/c1-2-7-15-13(5-1)11-17-10-8-16(15)19-12-14-6-3-4-9-18-14/h1-7,9,16-17,19H,8,10-12H2. The second kappa shape index (κ2) is 5.95. The molecular formula is C16H19N3. The molecule has 2 heterocycles. The van der Waals surface area contributed by atoms with Gasteiger partial charge < -0.3 is 10.6 Å². The summed E-state index contributed by atoms with van der Waals surface area (Å²) in [7, 11) is 0. The normalized spacial score (nSPS) is 18.6. The molecule has 0 fully saturated rings. The molecule has 1 aliphatic rings. The summed E-state index contributed by atoms with van der Waals surface area (Å²) in [5.74, 6) is 0. The molecule has 1 aromatic carbocycles. The van der Waals surface area contributed by atoms with E-state index in [1.807, 2.05) is 18.3 Å². The van der Waals surface area contributed by atoms with Gasteiger partial charge in [-0.15, -0.1) is 0 Å². The first-order chi connectivity index (χ1) is 9.43. The first-order valence-electron chi connectivity index (χ1n) is 6.85. The third-order valence-electron chi connectivity index (χ3n) is 3.61. The van der Waals surface area contributed by atoms with E-state index in [1.54, 1.807) is 0 Å². The van der Waals surface area contributed by atoms with Crippen LogP contribution in [-0.4, -0.2) is 11.5 Å². The van der Waals surface area contributed by atoms with Gasteiger partial charge in [-0.3, -0.25) is 4.98 Å². The summed E-state index contributed by atoms with van der Waals surface area (Å²) in [4.78, 5) is 4.36. The predicted octanol–water partition coefficient (Wildman–Crippen LogP) is 2.41. The van der Waals surface area contributed by atoms with Crippen molar-refractivity contribution in [2.24, 2.45) is 0 Å². The molecule has 0 saturated heterocycles. The molecule has 2 N–H and O–H groups in total. The lowest BCUT2D eigenvalue weighted by atomic mass is 9.99. The predicted molar refractivity (Wildman–Crippen MR) is 76.6 cm³/mol. The van der Waals surface area contributed by atoms with Crippen molar-refractivity contribution < 1.29 is 0 Å². The zero-order valence-corrected chi connectivity index (χ0v) is 11.0. The number of rotatable bonds is 3. The Balaban J connectivity index is 1.74. The molecule has 0 aliphatic carbocycles. The quantitative estimate of drug-likeness (QED) is 0.882. The van der Waals surface area contributed by atoms with Gasteiger partial charge in [0.15, 0.2) is 0 Å². The monoisotopic (exact) mass is 253 g/mol. The van der Waals surface area contributed by atoms with E-state index in [9.17, 15) is 0 Å². The Morgan fingerprint density at radius 1 is 1.16 bits per heavy atom. The van der Waals surface area contributed by atoms with Crippen LogP contribution in [0.3, 0.4) is 0 Å². The Morgan fingerprint density at radius 2 is 2.05 bits per heavy atom. The van der Waals surface area contributed by atoms with Crippen LogP contribution in [0.1, 0.15) is 29.3 Å². The molecule has 1 unspecified atom stereocenters. The van der Waals surface area contributed by atoms with Crippen molar-refractivity contribution in [3.63, 3.8) is 0 Å². The molecule has 0 bridgehead atoms. The number of benzene rings is 1. The van der Waals surface area contributed by atoms with Gasteiger partial charge in [-0.2, -0.15) is 0 Å². The van der Waals surface area contributed by atoms with Gasteiger partial charge in [0.05, 0.1) is 5.69 Å². The second-order valence-electron chi connectivity index (χ2n) is 4.92. The van der Waals surface area contributed by atoms with Crippen LogP contribution in [-0.2, 0) is 13.1 Å². The van der Waals surface area contributed by atoms with Crippen molar-refractivity contribution in [1.82, 2.24) is 15.6 Å². The third-order valence-corrected chi connectivity index (χ3v) is 3.61. The van der Waals surface area contributed by atoms with Crippen molar-refractivity contribution in [2.75, 3.05) is 6.54 Å². The molecule has 1 aliphatic heterocycles. The topological polar surface area (TPSA) is 37.0 Å². The molecule has 3 heteroatoms. The Morgan fingerprint density at radius 3 is 2.95 bits per heavy atom. The van der Waals surface area contributed by atoms with Crippen LogP contribution in [0.5, 0.6) is 0 Å². The second-order valence-corrected chi connectivity index (χ2v) is 4.92. The highest BCUT2D eigenvalue weighted by Crippen LogP contribution is 2.23. The number of nitrogens with zero attached hydrogens (tertiary/aromatic N) is 1. The van der Waals surface area contributed by atoms with Crippen LogP contribution in [0.2, 0.25) is 0 Å². The van der Waals surface area contributed by atoms with Crippen molar-refractivity contribution >= 4 is 0 Å². The number of fused-ring (bicyclic) bond motifs is 1. The summed E-state index contributed by atoms with van der Waals surface area (Å²) in [5.41, 5.74) is 3.92. The molecule has 1 atom stereocenters. The zero-order chi connectivity index (χ0) is 12.9. The number of aromatic nitrogens is 1. The van der Waals surface area contributed by atoms with Crippen molar-refractivity contribution in [1.29, 1.82) is 0 Å². The van der Waals surface area contributed by atoms with Crippen LogP contribution in [0, 0.1) is 0 Å². The summed E-state index contributed by atoms with van der Waals surface area (Å²) in [6.07, 6.45) is 2.96. The number of nitrogens with one attached hydrogen (secondary N) is 2. The lowest BCUT2D eigenvalue weighted by Gasteiger charge is -2.18. The molecule has 0 saturated carbocycles. The van der Waals surface area contributed by atoms with E-state index in [0.29, 0.717) is 6.04 Å². The highest BCUT2D eigenvalue weighted by molar-refractivity contribution is 5.31. The summed E-state index contributed by atoms with van der Waals surface area (Å²) in [6.45, 7) is 2.84. The summed E-state index contributed by atoms with van der Waals surface area (Å²) in [6, 6.07) is 15.1. The van der Waals surface area contributed by atoms with Crippen LogP contribution >= 0.6 is 0 Å². The summed E-state index contributed by atoms with van der Waals surface area (Å²) >= 11 is 0. The molecule has 2 aromatic rings. The van der Waals surface area contributed by atoms with E-state index in [2.05, 4.69) is 45.9 Å². The van der Waals surface area contributed by atoms with Gasteiger partial charge >= 0.3 is 0 Å². The number of hydrogen-bond donors (Lipinski definition) is 2. The van der Waals surface area contributed by atoms with E-state index in [-0.39, 0.29) is 0 Å². The van der Waals surface area contributed by atoms with Crippen molar-refractivity contribution in [3.8, 4) is 0 Å². The largest absolute Gasteiger partial charge is 0.313 e. The number of pyridine rings is 1. The van der Waals surface area contributed by atoms with Gasteiger partial charge in [0, 0.05) is 25.3 Å². The lowest BCUT2D eigenvalue weighted by molar-refractivity contribution is 0.492. The van der Waals surface area contributed by atoms with E-state index < -0.39 is 0 Å². The molecule has 0 radical (unpaired) electrons. The van der Waals surface area contributed by atoms with Gasteiger partial charge in [-0.25, -0.2) is 0 Å². The molecule has 98 valence electrons. The van der Waals surface area contributed by atoms with Gasteiger partial charge in [0.1, 0.15) is 0 Å². The van der Waals surface area contributed by atoms with Gasteiger partial charge in [-0.05, 0) is 36.2 Å². The molecular weight excluding hydrogens is 234 g/mol. The van der Waals surface area contributed by atoms with Crippen LogP contribution in [0.15, 0.2) is 48.7 Å². The minimum Gasteiger partial charge on any atom is -0.313 e. The number of hydrogen-bond acceptors (Lipinski definition) is 3. The first kappa shape index (κ1) is 12.3. The van der Waals surface area contributed by atoms with Crippen molar-refractivity contribution in [3.05, 3.63) is 65.5 Å². The molecule has 0 spiro atoms. The molecule has 19 heavy (non-hydrogen) atoms. The van der Waals surface area contributed by atoms with E-state index in [1.165, 1.54) is 11.1 Å². The third kappa shape index (κ3) is 3.00. The maximum absolute atomic E-state index is 4.36. The Hall–Kier alpha value is -1.71. The van der Waals surface area contributed by atoms with E-state index in [4.69, 9.17) is 0 Å². The molecule has 3 rings (SSSR count). The maximum Gasteiger partial charge on any atom is 0.0541 e. The van der Waals surface area contributed by atoms with Gasteiger partial charge in [0.25, 0.3) is 0 Å². The Labute approximate surface area is 114 Å². The van der Waals surface area contributed by atoms with Crippen LogP contribution < -0.4 is 10.6 Å². The zero-order valence-electron chi connectivity index (χ0n) is 11.0. The molecule has 0 amide bonds. The van der Waals surface area contributed by atoms with Gasteiger partial charge in [0.2, 0.25) is 0 Å². The molecule has 1 aromatic heterocycles. The first-order valence-corrected chi connectivity index (χ1v) is 6.85. The maximum atomic E-state index is 4.36. The minimum atomic E-state index is 0.410. The smallest absolute Gasteiger partial charge is 0.0541 e. The van der Waals surface area contributed by atoms with Crippen molar-refractivity contribution in [2.45, 2.75) is 25.6 Å². The average molecular weight is 253 g/mol. The Kier molecular flexibility index (Phi) is 3.86. The fourth-order valence-electron chi connectivity index (χ4n) is 2.60. The van der Waals surface area contributed by atoms with Crippen LogP contribution in [0.4, 0.5) is 0 Å². The highest BCUT2D eigenvalue weighted by atomic mass is 15.0. The minimum absolute atomic E-state index is 0.410. The molecule has 3 nitrogen and oxygen atoms in total. The summed E-state index contributed by atoms with van der Waals surface area (Å²) in [5, 5.41) is 7.11. The fraction of sp³-hybridized carbons (Fsp3) is 0.312. The average Bonchev–Trinajstić information content (AvgIpc) is 2.68. The summed E-state index contributed by atoms with van der Waals surface area (Å²) < 4.78 is 0. The fourth-order valence-corrected chi connectivity index (χ4v) is 2.60. The van der Waals surface area contributed by atoms with E-state index >= 15 is 0 Å². The SMILES string of the molecule is c1ccc(CNC2CCNCc3ccccc32)nc1. The van der Waals surface area contributed by atoms with Crippen LogP contribution in [0.25, 0.3) is 0 Å². The lowest BCUT2D eigenvalue weighted by Crippen LogP contribution is -2.23. The highest BCUT2D eigenvalue weighted by Gasteiger charge is 2.17. The Bertz CT molecular complexity index is 525. The van der Waals surface area contributed by atoms with E-state index in [0.717, 1.165) is 31.7 Å².